The largest absolute Gasteiger partial charge is 0.419 e. The van der Waals surface area contributed by atoms with Crippen molar-refractivity contribution < 1.29 is 9.21 Å². The number of likely N-dealkylation sites (N-methyl/N-ethyl adjacent to an activating group) is 1. The molecule has 0 saturated heterocycles. The first-order valence-electron chi connectivity index (χ1n) is 8.36. The summed E-state index contributed by atoms with van der Waals surface area (Å²) in [6.45, 7) is 1.65. The Morgan fingerprint density at radius 2 is 1.89 bits per heavy atom. The maximum Gasteiger partial charge on any atom is 0.419 e. The fourth-order valence-electron chi connectivity index (χ4n) is 2.65. The van der Waals surface area contributed by atoms with Crippen molar-refractivity contribution in [3.8, 4) is 0 Å². The van der Waals surface area contributed by atoms with Crippen molar-refractivity contribution in [3.05, 3.63) is 64.1 Å². The lowest BCUT2D eigenvalue weighted by molar-refractivity contribution is 0.102. The zero-order valence-corrected chi connectivity index (χ0v) is 16.1. The van der Waals surface area contributed by atoms with Crippen molar-refractivity contribution in [3.63, 3.8) is 0 Å². The zero-order valence-electron chi connectivity index (χ0n) is 15.3. The second-order valence-electron chi connectivity index (χ2n) is 6.36. The van der Waals surface area contributed by atoms with Gasteiger partial charge in [0.15, 0.2) is 5.58 Å². The lowest BCUT2D eigenvalue weighted by atomic mass is 10.1. The molecule has 1 aromatic heterocycles. The van der Waals surface area contributed by atoms with E-state index in [1.807, 2.05) is 31.1 Å². The number of halogens is 1. The standard InChI is InChI=1S/C19H22N4O3.ClH/c1-22(2)9-10-23-16-11-15(7-8-17(16)26-19(23)25)21-18(24)14-5-3-13(12-20)4-6-14;/h3-8,11H,9-10,12,20H2,1-2H3,(H,21,24);1H. The number of nitrogens with two attached hydrogens (primary N) is 1. The van der Waals surface area contributed by atoms with Crippen LogP contribution in [0.15, 0.2) is 51.7 Å². The van der Waals surface area contributed by atoms with Crippen LogP contribution in [0.25, 0.3) is 11.1 Å². The van der Waals surface area contributed by atoms with Crippen molar-refractivity contribution >= 4 is 35.1 Å². The van der Waals surface area contributed by atoms with Crippen LogP contribution >= 0.6 is 12.4 Å². The number of rotatable bonds is 6. The summed E-state index contributed by atoms with van der Waals surface area (Å²) in [5.41, 5.74) is 8.84. The highest BCUT2D eigenvalue weighted by Gasteiger charge is 2.12. The Morgan fingerprint density at radius 1 is 1.19 bits per heavy atom. The molecule has 1 amide bonds. The molecule has 8 heteroatoms. The van der Waals surface area contributed by atoms with Gasteiger partial charge in [-0.05, 0) is 50.0 Å². The molecule has 0 atom stereocenters. The maximum atomic E-state index is 12.4. The van der Waals surface area contributed by atoms with E-state index in [9.17, 15) is 9.59 Å². The summed E-state index contributed by atoms with van der Waals surface area (Å²) in [4.78, 5) is 26.4. The highest BCUT2D eigenvalue weighted by molar-refractivity contribution is 6.04. The third-order valence-corrected chi connectivity index (χ3v) is 4.15. The van der Waals surface area contributed by atoms with Crippen LogP contribution < -0.4 is 16.8 Å². The van der Waals surface area contributed by atoms with E-state index >= 15 is 0 Å². The number of nitrogens with zero attached hydrogens (tertiary/aromatic N) is 2. The van der Waals surface area contributed by atoms with Crippen LogP contribution in [0.3, 0.4) is 0 Å². The second-order valence-corrected chi connectivity index (χ2v) is 6.36. The minimum atomic E-state index is -0.400. The van der Waals surface area contributed by atoms with Gasteiger partial charge in [0.2, 0.25) is 0 Å². The minimum absolute atomic E-state index is 0. The summed E-state index contributed by atoms with van der Waals surface area (Å²) in [6.07, 6.45) is 0. The predicted octanol–water partition coefficient (Wildman–Crippen LogP) is 2.29. The summed E-state index contributed by atoms with van der Waals surface area (Å²) in [5.74, 6) is -0.624. The van der Waals surface area contributed by atoms with Gasteiger partial charge < -0.3 is 20.4 Å². The van der Waals surface area contributed by atoms with Gasteiger partial charge in [0.1, 0.15) is 0 Å². The fourth-order valence-corrected chi connectivity index (χ4v) is 2.65. The molecule has 3 N–H and O–H groups in total. The number of amides is 1. The molecule has 0 radical (unpaired) electrons. The van der Waals surface area contributed by atoms with Crippen LogP contribution in [0.5, 0.6) is 0 Å². The molecule has 0 aliphatic carbocycles. The van der Waals surface area contributed by atoms with Gasteiger partial charge in [0, 0.05) is 30.9 Å². The number of hydrogen-bond acceptors (Lipinski definition) is 5. The van der Waals surface area contributed by atoms with Crippen LogP contribution in [-0.4, -0.2) is 36.0 Å². The average molecular weight is 391 g/mol. The van der Waals surface area contributed by atoms with Gasteiger partial charge in [-0.15, -0.1) is 12.4 Å². The molecule has 0 aliphatic heterocycles. The summed E-state index contributed by atoms with van der Waals surface area (Å²) in [5, 5.41) is 2.85. The first-order valence-corrected chi connectivity index (χ1v) is 8.36. The number of anilines is 1. The quantitative estimate of drug-likeness (QED) is 0.673. The highest BCUT2D eigenvalue weighted by Crippen LogP contribution is 2.19. The first kappa shape index (κ1) is 20.7. The van der Waals surface area contributed by atoms with E-state index in [1.165, 1.54) is 0 Å². The van der Waals surface area contributed by atoms with Gasteiger partial charge >= 0.3 is 5.76 Å². The van der Waals surface area contributed by atoms with Gasteiger partial charge in [-0.3, -0.25) is 9.36 Å². The van der Waals surface area contributed by atoms with Crippen molar-refractivity contribution in [1.29, 1.82) is 0 Å². The van der Waals surface area contributed by atoms with E-state index in [4.69, 9.17) is 10.2 Å². The Morgan fingerprint density at radius 3 is 2.52 bits per heavy atom. The summed E-state index contributed by atoms with van der Waals surface area (Å²) in [6, 6.07) is 12.3. The average Bonchev–Trinajstić information content (AvgIpc) is 2.94. The number of hydrogen-bond donors (Lipinski definition) is 2. The summed E-state index contributed by atoms with van der Waals surface area (Å²) in [7, 11) is 3.88. The lowest BCUT2D eigenvalue weighted by Gasteiger charge is -2.10. The van der Waals surface area contributed by atoms with E-state index in [0.29, 0.717) is 42.0 Å². The van der Waals surface area contributed by atoms with Gasteiger partial charge in [-0.2, -0.15) is 0 Å². The van der Waals surface area contributed by atoms with Crippen molar-refractivity contribution in [2.24, 2.45) is 5.73 Å². The van der Waals surface area contributed by atoms with E-state index in [1.54, 1.807) is 34.9 Å². The van der Waals surface area contributed by atoms with Gasteiger partial charge in [-0.1, -0.05) is 12.1 Å². The molecule has 144 valence electrons. The van der Waals surface area contributed by atoms with Crippen LogP contribution in [0.2, 0.25) is 0 Å². The highest BCUT2D eigenvalue weighted by atomic mass is 35.5. The number of aromatic nitrogens is 1. The van der Waals surface area contributed by atoms with Crippen LogP contribution in [-0.2, 0) is 13.1 Å². The van der Waals surface area contributed by atoms with Crippen molar-refractivity contribution in [2.45, 2.75) is 13.1 Å². The molecule has 1 heterocycles. The van der Waals surface area contributed by atoms with Crippen molar-refractivity contribution in [2.75, 3.05) is 26.0 Å². The van der Waals surface area contributed by atoms with E-state index in [2.05, 4.69) is 5.32 Å². The minimum Gasteiger partial charge on any atom is -0.408 e. The van der Waals surface area contributed by atoms with E-state index < -0.39 is 5.76 Å². The number of carbonyl (C=O) groups excluding carboxylic acids is 1. The molecule has 0 fully saturated rings. The molecule has 0 unspecified atom stereocenters. The first-order chi connectivity index (χ1) is 12.5. The Bertz CT molecular complexity index is 977. The molecule has 3 aromatic rings. The number of benzene rings is 2. The number of nitrogens with one attached hydrogen (secondary N) is 1. The molecule has 7 nitrogen and oxygen atoms in total. The molecule has 2 aromatic carbocycles. The summed E-state index contributed by atoms with van der Waals surface area (Å²) >= 11 is 0. The molecule has 0 bridgehead atoms. The smallest absolute Gasteiger partial charge is 0.408 e. The molecule has 0 aliphatic rings. The van der Waals surface area contributed by atoms with Crippen LogP contribution in [0.4, 0.5) is 5.69 Å². The Hall–Kier alpha value is -2.61. The summed E-state index contributed by atoms with van der Waals surface area (Å²) < 4.78 is 6.84. The monoisotopic (exact) mass is 390 g/mol. The Kier molecular flexibility index (Phi) is 6.79. The SMILES string of the molecule is CN(C)CCn1c(=O)oc2ccc(NC(=O)c3ccc(CN)cc3)cc21.Cl. The molecule has 0 saturated carbocycles. The number of fused-ring (bicyclic) bond motifs is 1. The second kappa shape index (κ2) is 8.85. The maximum absolute atomic E-state index is 12.4. The van der Waals surface area contributed by atoms with Crippen molar-refractivity contribution in [1.82, 2.24) is 9.47 Å². The molecule has 0 spiro atoms. The molecular formula is C19H23ClN4O3. The third-order valence-electron chi connectivity index (χ3n) is 4.15. The van der Waals surface area contributed by atoms with Crippen LogP contribution in [0.1, 0.15) is 15.9 Å². The predicted molar refractivity (Wildman–Crippen MR) is 109 cm³/mol. The van der Waals surface area contributed by atoms with Gasteiger partial charge in [0.25, 0.3) is 5.91 Å². The molecule has 3 rings (SSSR count). The normalized spacial score (nSPS) is 10.8. The zero-order chi connectivity index (χ0) is 18.7. The topological polar surface area (TPSA) is 93.5 Å². The molecular weight excluding hydrogens is 368 g/mol. The number of oxazole rings is 1. The molecule has 27 heavy (non-hydrogen) atoms. The third kappa shape index (κ3) is 4.77. The van der Waals surface area contributed by atoms with Crippen LogP contribution in [0, 0.1) is 0 Å². The number of carbonyl (C=O) groups is 1. The lowest BCUT2D eigenvalue weighted by Crippen LogP contribution is -2.23. The van der Waals surface area contributed by atoms with Gasteiger partial charge in [0.05, 0.1) is 5.52 Å². The van der Waals surface area contributed by atoms with E-state index in [-0.39, 0.29) is 18.3 Å². The Labute approximate surface area is 163 Å². The fraction of sp³-hybridized carbons (Fsp3) is 0.263. The van der Waals surface area contributed by atoms with Gasteiger partial charge in [-0.25, -0.2) is 4.79 Å². The van der Waals surface area contributed by atoms with E-state index in [0.717, 1.165) is 5.56 Å². The Balaban J connectivity index is 0.00000261.